The normalized spacial score (nSPS) is 12.2. The fourth-order valence-electron chi connectivity index (χ4n) is 1.57. The molecule has 0 heterocycles. The second kappa shape index (κ2) is 6.37. The summed E-state index contributed by atoms with van der Waals surface area (Å²) in [7, 11) is 0. The summed E-state index contributed by atoms with van der Waals surface area (Å²) in [6.07, 6.45) is -1.80. The number of amides is 1. The summed E-state index contributed by atoms with van der Waals surface area (Å²) in [6, 6.07) is 5.98. The van der Waals surface area contributed by atoms with Gasteiger partial charge in [0, 0.05) is 6.54 Å². The van der Waals surface area contributed by atoms with Crippen molar-refractivity contribution >= 4 is 6.09 Å². The summed E-state index contributed by atoms with van der Waals surface area (Å²) in [5, 5.41) is 19.2. The van der Waals surface area contributed by atoms with Crippen LogP contribution in [0.15, 0.2) is 18.2 Å². The van der Waals surface area contributed by atoms with Crippen molar-refractivity contribution in [3.05, 3.63) is 34.9 Å². The summed E-state index contributed by atoms with van der Waals surface area (Å²) in [5.74, 6) is 0. The van der Waals surface area contributed by atoms with E-state index in [1.165, 1.54) is 11.1 Å². The van der Waals surface area contributed by atoms with Gasteiger partial charge >= 0.3 is 6.09 Å². The van der Waals surface area contributed by atoms with Crippen LogP contribution in [0.4, 0.5) is 4.79 Å². The van der Waals surface area contributed by atoms with E-state index < -0.39 is 12.2 Å². The Morgan fingerprint density at radius 2 is 2.06 bits per heavy atom. The molecule has 1 aromatic carbocycles. The van der Waals surface area contributed by atoms with Crippen LogP contribution in [0.25, 0.3) is 0 Å². The number of carbonyl (C=O) groups is 1. The second-order valence-corrected chi connectivity index (χ2v) is 4.50. The lowest BCUT2D eigenvalue weighted by molar-refractivity contribution is 0.0781. The highest BCUT2D eigenvalue weighted by Gasteiger charge is 2.13. The summed E-state index contributed by atoms with van der Waals surface area (Å²) in [6.45, 7) is 6.06. The maximum atomic E-state index is 10.9. The Morgan fingerprint density at radius 3 is 2.56 bits per heavy atom. The maximum absolute atomic E-state index is 10.9. The van der Waals surface area contributed by atoms with Crippen LogP contribution in [-0.2, 0) is 6.54 Å². The van der Waals surface area contributed by atoms with E-state index in [0.717, 1.165) is 10.6 Å². The Bertz CT molecular complexity index is 419. The van der Waals surface area contributed by atoms with Gasteiger partial charge in [-0.3, -0.25) is 0 Å². The van der Waals surface area contributed by atoms with Gasteiger partial charge in [0.25, 0.3) is 0 Å². The van der Waals surface area contributed by atoms with Gasteiger partial charge in [0.1, 0.15) is 0 Å². The highest BCUT2D eigenvalue weighted by atomic mass is 16.4. The van der Waals surface area contributed by atoms with Crippen molar-refractivity contribution in [2.24, 2.45) is 0 Å². The van der Waals surface area contributed by atoms with E-state index in [9.17, 15) is 9.90 Å². The number of carboxylic acid groups (broad SMARTS) is 1. The third kappa shape index (κ3) is 4.35. The van der Waals surface area contributed by atoms with Crippen LogP contribution < -0.4 is 5.43 Å². The molecule has 3 N–H and O–H groups in total. The minimum absolute atomic E-state index is 0.0418. The maximum Gasteiger partial charge on any atom is 0.421 e. The summed E-state index contributed by atoms with van der Waals surface area (Å²) < 4.78 is 0. The number of aliphatic hydroxyl groups excluding tert-OH is 1. The number of benzene rings is 1. The molecule has 0 aliphatic carbocycles. The topological polar surface area (TPSA) is 72.8 Å². The Hall–Kier alpha value is -1.59. The third-order valence-electron chi connectivity index (χ3n) is 2.72. The van der Waals surface area contributed by atoms with E-state index in [-0.39, 0.29) is 6.54 Å². The van der Waals surface area contributed by atoms with Crippen molar-refractivity contribution in [3.63, 3.8) is 0 Å². The zero-order chi connectivity index (χ0) is 13.7. The molecule has 100 valence electrons. The molecule has 1 unspecified atom stereocenters. The standard InChI is InChI=1S/C13H20N2O3/c1-9-4-5-12(6-10(9)2)7-14-15(13(17)18)8-11(3)16/h4-6,11,14,16H,7-8H2,1-3H3,(H,17,18). The first-order chi connectivity index (χ1) is 8.40. The monoisotopic (exact) mass is 252 g/mol. The highest BCUT2D eigenvalue weighted by molar-refractivity contribution is 5.64. The van der Waals surface area contributed by atoms with Gasteiger partial charge in [-0.1, -0.05) is 18.2 Å². The molecule has 0 aliphatic rings. The largest absolute Gasteiger partial charge is 0.464 e. The van der Waals surface area contributed by atoms with Crippen molar-refractivity contribution in [2.75, 3.05) is 6.54 Å². The smallest absolute Gasteiger partial charge is 0.421 e. The lowest BCUT2D eigenvalue weighted by Crippen LogP contribution is -2.45. The Labute approximate surface area is 107 Å². The number of nitrogens with zero attached hydrogens (tertiary/aromatic N) is 1. The van der Waals surface area contributed by atoms with E-state index in [4.69, 9.17) is 5.11 Å². The molecule has 0 bridgehead atoms. The van der Waals surface area contributed by atoms with Crippen LogP contribution in [0, 0.1) is 13.8 Å². The molecule has 1 aromatic rings. The number of aliphatic hydroxyl groups is 1. The molecule has 1 amide bonds. The van der Waals surface area contributed by atoms with E-state index in [2.05, 4.69) is 5.43 Å². The SMILES string of the molecule is Cc1ccc(CNN(CC(C)O)C(=O)O)cc1C. The van der Waals surface area contributed by atoms with Crippen molar-refractivity contribution in [2.45, 2.75) is 33.4 Å². The molecular formula is C13H20N2O3. The minimum Gasteiger partial charge on any atom is -0.464 e. The number of rotatable bonds is 5. The van der Waals surface area contributed by atoms with Crippen LogP contribution in [-0.4, -0.2) is 34.0 Å². The average Bonchev–Trinajstić information content (AvgIpc) is 2.28. The lowest BCUT2D eigenvalue weighted by Gasteiger charge is -2.21. The van der Waals surface area contributed by atoms with E-state index >= 15 is 0 Å². The lowest BCUT2D eigenvalue weighted by atomic mass is 10.1. The summed E-state index contributed by atoms with van der Waals surface area (Å²) >= 11 is 0. The van der Waals surface area contributed by atoms with Crippen LogP contribution in [0.1, 0.15) is 23.6 Å². The van der Waals surface area contributed by atoms with Crippen LogP contribution in [0.2, 0.25) is 0 Å². The highest BCUT2D eigenvalue weighted by Crippen LogP contribution is 2.09. The Morgan fingerprint density at radius 1 is 1.39 bits per heavy atom. The van der Waals surface area contributed by atoms with E-state index in [1.807, 2.05) is 32.0 Å². The Kier molecular flexibility index (Phi) is 5.12. The number of hydrogen-bond donors (Lipinski definition) is 3. The second-order valence-electron chi connectivity index (χ2n) is 4.50. The third-order valence-corrected chi connectivity index (χ3v) is 2.72. The van der Waals surface area contributed by atoms with E-state index in [0.29, 0.717) is 6.54 Å². The fraction of sp³-hybridized carbons (Fsp3) is 0.462. The van der Waals surface area contributed by atoms with Crippen LogP contribution >= 0.6 is 0 Å². The van der Waals surface area contributed by atoms with Gasteiger partial charge in [0.05, 0.1) is 12.6 Å². The molecule has 0 spiro atoms. The van der Waals surface area contributed by atoms with Crippen molar-refractivity contribution < 1.29 is 15.0 Å². The number of aryl methyl sites for hydroxylation is 2. The van der Waals surface area contributed by atoms with Gasteiger partial charge in [0.15, 0.2) is 0 Å². The number of hydrazine groups is 1. The molecule has 5 nitrogen and oxygen atoms in total. The van der Waals surface area contributed by atoms with Gasteiger partial charge in [-0.05, 0) is 37.5 Å². The molecule has 0 fully saturated rings. The van der Waals surface area contributed by atoms with Gasteiger partial charge < -0.3 is 10.2 Å². The first-order valence-electron chi connectivity index (χ1n) is 5.88. The molecule has 0 aliphatic heterocycles. The summed E-state index contributed by atoms with van der Waals surface area (Å²) in [4.78, 5) is 10.9. The zero-order valence-electron chi connectivity index (χ0n) is 11.0. The molecule has 1 atom stereocenters. The fourth-order valence-corrected chi connectivity index (χ4v) is 1.57. The van der Waals surface area contributed by atoms with Crippen molar-refractivity contribution in [3.8, 4) is 0 Å². The van der Waals surface area contributed by atoms with Crippen LogP contribution in [0.3, 0.4) is 0 Å². The first kappa shape index (κ1) is 14.5. The molecule has 0 saturated carbocycles. The minimum atomic E-state index is -1.10. The zero-order valence-corrected chi connectivity index (χ0v) is 11.0. The van der Waals surface area contributed by atoms with Crippen LogP contribution in [0.5, 0.6) is 0 Å². The molecule has 0 saturated heterocycles. The van der Waals surface area contributed by atoms with Gasteiger partial charge in [-0.15, -0.1) is 0 Å². The van der Waals surface area contributed by atoms with E-state index in [1.54, 1.807) is 6.92 Å². The number of hydrogen-bond acceptors (Lipinski definition) is 3. The molecule has 5 heteroatoms. The molecule has 1 rings (SSSR count). The average molecular weight is 252 g/mol. The molecule has 0 radical (unpaired) electrons. The predicted molar refractivity (Wildman–Crippen MR) is 69.2 cm³/mol. The molecule has 18 heavy (non-hydrogen) atoms. The first-order valence-corrected chi connectivity index (χ1v) is 5.88. The Balaban J connectivity index is 2.61. The van der Waals surface area contributed by atoms with Gasteiger partial charge in [-0.2, -0.15) is 0 Å². The molecule has 0 aromatic heterocycles. The molecular weight excluding hydrogens is 232 g/mol. The van der Waals surface area contributed by atoms with Gasteiger partial charge in [-0.25, -0.2) is 15.2 Å². The summed E-state index contributed by atoms with van der Waals surface area (Å²) in [5.41, 5.74) is 6.18. The van der Waals surface area contributed by atoms with Gasteiger partial charge in [0.2, 0.25) is 0 Å². The quantitative estimate of drug-likeness (QED) is 0.697. The van der Waals surface area contributed by atoms with Crippen molar-refractivity contribution in [1.29, 1.82) is 0 Å². The number of nitrogens with one attached hydrogen (secondary N) is 1. The predicted octanol–water partition coefficient (Wildman–Crippen LogP) is 1.67. The van der Waals surface area contributed by atoms with Crippen molar-refractivity contribution in [1.82, 2.24) is 10.4 Å².